The number of rotatable bonds is 3. The fraction of sp³-hybridized carbons (Fsp3) is 0.316. The molecule has 1 aliphatic heterocycles. The van der Waals surface area contributed by atoms with Crippen LogP contribution in [0.25, 0.3) is 0 Å². The largest absolute Gasteiger partial charge is 0.416 e. The second-order valence-electron chi connectivity index (χ2n) is 6.29. The number of nitrogens with zero attached hydrogens (tertiary/aromatic N) is 2. The minimum Gasteiger partial charge on any atom is -0.318 e. The van der Waals surface area contributed by atoms with E-state index in [2.05, 4.69) is 0 Å². The minimum absolute atomic E-state index is 0.0838. The van der Waals surface area contributed by atoms with Crippen molar-refractivity contribution in [2.75, 3.05) is 18.0 Å². The third-order valence-electron chi connectivity index (χ3n) is 4.49. The number of hydrogen-bond donors (Lipinski definition) is 0. The van der Waals surface area contributed by atoms with Gasteiger partial charge in [-0.3, -0.25) is 4.90 Å². The third-order valence-corrected chi connectivity index (χ3v) is 4.49. The van der Waals surface area contributed by atoms with E-state index in [9.17, 15) is 18.0 Å². The minimum atomic E-state index is -4.43. The average Bonchev–Trinajstić information content (AvgIpc) is 2.90. The average molecular weight is 348 g/mol. The highest BCUT2D eigenvalue weighted by Crippen LogP contribution is 2.36. The Morgan fingerprint density at radius 1 is 1.00 bits per heavy atom. The fourth-order valence-electron chi connectivity index (χ4n) is 3.09. The fourth-order valence-corrected chi connectivity index (χ4v) is 3.09. The Bertz CT molecular complexity index is 784. The van der Waals surface area contributed by atoms with Gasteiger partial charge in [-0.25, -0.2) is 4.79 Å². The predicted octanol–water partition coefficient (Wildman–Crippen LogP) is 4.76. The van der Waals surface area contributed by atoms with Gasteiger partial charge in [0.25, 0.3) is 0 Å². The first-order valence-corrected chi connectivity index (χ1v) is 8.06. The molecule has 132 valence electrons. The second-order valence-corrected chi connectivity index (χ2v) is 6.29. The van der Waals surface area contributed by atoms with Gasteiger partial charge < -0.3 is 4.90 Å². The molecule has 0 atom stereocenters. The van der Waals surface area contributed by atoms with E-state index >= 15 is 0 Å². The molecule has 0 aliphatic carbocycles. The van der Waals surface area contributed by atoms with Crippen molar-refractivity contribution in [1.82, 2.24) is 4.90 Å². The van der Waals surface area contributed by atoms with Crippen molar-refractivity contribution in [3.05, 3.63) is 64.7 Å². The molecule has 0 aromatic heterocycles. The summed E-state index contributed by atoms with van der Waals surface area (Å²) in [5.74, 6) is 0. The summed E-state index contributed by atoms with van der Waals surface area (Å²) in [5.41, 5.74) is 1.85. The first-order valence-electron chi connectivity index (χ1n) is 8.06. The summed E-state index contributed by atoms with van der Waals surface area (Å²) < 4.78 is 39.3. The molecule has 2 aromatic carbocycles. The molecule has 0 bridgehead atoms. The first-order chi connectivity index (χ1) is 11.8. The molecule has 2 amide bonds. The van der Waals surface area contributed by atoms with Crippen molar-refractivity contribution in [3.8, 4) is 0 Å². The number of hydrogen-bond acceptors (Lipinski definition) is 1. The van der Waals surface area contributed by atoms with Crippen LogP contribution in [-0.4, -0.2) is 24.0 Å². The zero-order valence-corrected chi connectivity index (χ0v) is 14.1. The first kappa shape index (κ1) is 17.3. The number of alkyl halides is 3. The summed E-state index contributed by atoms with van der Waals surface area (Å²) in [6.07, 6.45) is -4.43. The Morgan fingerprint density at radius 3 is 2.32 bits per heavy atom. The Kier molecular flexibility index (Phi) is 4.45. The molecule has 6 heteroatoms. The number of anilines is 1. The molecule has 1 aliphatic rings. The van der Waals surface area contributed by atoms with Crippen LogP contribution in [0.1, 0.15) is 22.3 Å². The molecule has 1 saturated heterocycles. The number of amides is 2. The SMILES string of the molecule is Cc1ccc(CN2CCN(c3cccc(C(F)(F)F)c3C)C2=O)cc1. The van der Waals surface area contributed by atoms with Crippen LogP contribution in [0.2, 0.25) is 0 Å². The van der Waals surface area contributed by atoms with Crippen LogP contribution in [0.4, 0.5) is 23.7 Å². The van der Waals surface area contributed by atoms with Gasteiger partial charge in [0.2, 0.25) is 0 Å². The smallest absolute Gasteiger partial charge is 0.318 e. The van der Waals surface area contributed by atoms with Gasteiger partial charge in [-0.2, -0.15) is 13.2 Å². The summed E-state index contributed by atoms with van der Waals surface area (Å²) in [5, 5.41) is 0. The van der Waals surface area contributed by atoms with Crippen LogP contribution in [0.3, 0.4) is 0 Å². The van der Waals surface area contributed by atoms with Crippen molar-refractivity contribution < 1.29 is 18.0 Å². The maximum absolute atomic E-state index is 13.1. The van der Waals surface area contributed by atoms with E-state index in [-0.39, 0.29) is 11.6 Å². The summed E-state index contributed by atoms with van der Waals surface area (Å²) in [4.78, 5) is 15.7. The number of urea groups is 1. The zero-order chi connectivity index (χ0) is 18.2. The number of carbonyl (C=O) groups is 1. The normalized spacial score (nSPS) is 15.2. The maximum atomic E-state index is 13.1. The highest BCUT2D eigenvalue weighted by molar-refractivity contribution is 5.95. The van der Waals surface area contributed by atoms with Gasteiger partial charge >= 0.3 is 12.2 Å². The molecule has 1 heterocycles. The molecule has 25 heavy (non-hydrogen) atoms. The monoisotopic (exact) mass is 348 g/mol. The van der Waals surface area contributed by atoms with Gasteiger partial charge in [0, 0.05) is 25.3 Å². The van der Waals surface area contributed by atoms with Gasteiger partial charge in [-0.05, 0) is 37.1 Å². The van der Waals surface area contributed by atoms with Crippen molar-refractivity contribution in [1.29, 1.82) is 0 Å². The van der Waals surface area contributed by atoms with Gasteiger partial charge in [0.05, 0.1) is 5.56 Å². The van der Waals surface area contributed by atoms with Crippen molar-refractivity contribution >= 4 is 11.7 Å². The highest BCUT2D eigenvalue weighted by Gasteiger charge is 2.36. The Balaban J connectivity index is 1.81. The van der Waals surface area contributed by atoms with Gasteiger partial charge in [-0.15, -0.1) is 0 Å². The topological polar surface area (TPSA) is 23.6 Å². The predicted molar refractivity (Wildman–Crippen MR) is 90.5 cm³/mol. The molecule has 3 rings (SSSR count). The molecule has 3 nitrogen and oxygen atoms in total. The second kappa shape index (κ2) is 6.43. The number of halogens is 3. The van der Waals surface area contributed by atoms with E-state index in [0.717, 1.165) is 17.2 Å². The van der Waals surface area contributed by atoms with E-state index in [1.807, 2.05) is 31.2 Å². The van der Waals surface area contributed by atoms with Crippen LogP contribution < -0.4 is 4.90 Å². The number of benzene rings is 2. The van der Waals surface area contributed by atoms with Crippen LogP contribution in [0.5, 0.6) is 0 Å². The maximum Gasteiger partial charge on any atom is 0.416 e. The van der Waals surface area contributed by atoms with E-state index in [4.69, 9.17) is 0 Å². The van der Waals surface area contributed by atoms with Crippen LogP contribution >= 0.6 is 0 Å². The quantitative estimate of drug-likeness (QED) is 0.784. The zero-order valence-electron chi connectivity index (χ0n) is 14.1. The molecule has 0 unspecified atom stereocenters. The van der Waals surface area contributed by atoms with Crippen LogP contribution in [0, 0.1) is 13.8 Å². The Hall–Kier alpha value is -2.50. The van der Waals surface area contributed by atoms with E-state index in [1.165, 1.54) is 17.9 Å². The molecule has 0 saturated carbocycles. The van der Waals surface area contributed by atoms with Gasteiger partial charge in [0.15, 0.2) is 0 Å². The summed E-state index contributed by atoms with van der Waals surface area (Å²) in [6, 6.07) is 11.6. The molecule has 1 fully saturated rings. The van der Waals surface area contributed by atoms with Crippen molar-refractivity contribution in [2.24, 2.45) is 0 Å². The van der Waals surface area contributed by atoms with E-state index in [1.54, 1.807) is 11.0 Å². The lowest BCUT2D eigenvalue weighted by Gasteiger charge is -2.22. The highest BCUT2D eigenvalue weighted by atomic mass is 19.4. The number of aryl methyl sites for hydroxylation is 1. The molecule has 0 radical (unpaired) electrons. The molecule has 2 aromatic rings. The summed E-state index contributed by atoms with van der Waals surface area (Å²) in [7, 11) is 0. The van der Waals surface area contributed by atoms with Crippen LogP contribution in [-0.2, 0) is 12.7 Å². The van der Waals surface area contributed by atoms with Crippen LogP contribution in [0.15, 0.2) is 42.5 Å². The van der Waals surface area contributed by atoms with E-state index < -0.39 is 11.7 Å². The lowest BCUT2D eigenvalue weighted by molar-refractivity contribution is -0.138. The lowest BCUT2D eigenvalue weighted by Crippen LogP contribution is -2.32. The summed E-state index contributed by atoms with van der Waals surface area (Å²) >= 11 is 0. The van der Waals surface area contributed by atoms with Crippen molar-refractivity contribution in [2.45, 2.75) is 26.6 Å². The standard InChI is InChI=1S/C19H19F3N2O/c1-13-6-8-15(9-7-13)12-23-10-11-24(18(23)25)17-5-3-4-16(14(17)2)19(20,21)22/h3-9H,10-12H2,1-2H3. The Labute approximate surface area is 144 Å². The van der Waals surface area contributed by atoms with Gasteiger partial charge in [0.1, 0.15) is 0 Å². The van der Waals surface area contributed by atoms with Gasteiger partial charge in [-0.1, -0.05) is 35.9 Å². The van der Waals surface area contributed by atoms with E-state index in [0.29, 0.717) is 25.3 Å². The molecular weight excluding hydrogens is 329 g/mol. The lowest BCUT2D eigenvalue weighted by atomic mass is 10.1. The molecule has 0 spiro atoms. The molecular formula is C19H19F3N2O. The Morgan fingerprint density at radius 2 is 1.68 bits per heavy atom. The molecule has 0 N–H and O–H groups in total. The number of carbonyl (C=O) groups excluding carboxylic acids is 1. The summed E-state index contributed by atoms with van der Waals surface area (Å²) in [6.45, 7) is 4.72. The van der Waals surface area contributed by atoms with Crippen molar-refractivity contribution in [3.63, 3.8) is 0 Å². The third kappa shape index (κ3) is 3.48.